The van der Waals surface area contributed by atoms with E-state index in [-0.39, 0.29) is 0 Å². The van der Waals surface area contributed by atoms with Crippen LogP contribution in [0.2, 0.25) is 0 Å². The van der Waals surface area contributed by atoms with Gasteiger partial charge in [-0.25, -0.2) is 0 Å². The van der Waals surface area contributed by atoms with Crippen molar-refractivity contribution in [3.8, 4) is 0 Å². The highest BCUT2D eigenvalue weighted by Gasteiger charge is 2.17. The van der Waals surface area contributed by atoms with Gasteiger partial charge in [-0.05, 0) is 38.3 Å². The van der Waals surface area contributed by atoms with E-state index in [0.717, 1.165) is 12.6 Å². The van der Waals surface area contributed by atoms with E-state index in [1.807, 2.05) is 0 Å². The van der Waals surface area contributed by atoms with Crippen LogP contribution >= 0.6 is 0 Å². The summed E-state index contributed by atoms with van der Waals surface area (Å²) in [6.45, 7) is 5.41. The van der Waals surface area contributed by atoms with Gasteiger partial charge in [-0.2, -0.15) is 0 Å². The number of aromatic nitrogens is 1. The van der Waals surface area contributed by atoms with Crippen LogP contribution in [0.15, 0.2) is 6.07 Å². The highest BCUT2D eigenvalue weighted by molar-refractivity contribution is 5.26. The summed E-state index contributed by atoms with van der Waals surface area (Å²) in [6, 6.07) is 3.08. The van der Waals surface area contributed by atoms with Gasteiger partial charge in [0, 0.05) is 31.0 Å². The Morgan fingerprint density at radius 1 is 1.43 bits per heavy atom. The van der Waals surface area contributed by atoms with E-state index in [9.17, 15) is 0 Å². The van der Waals surface area contributed by atoms with Crippen molar-refractivity contribution in [2.45, 2.75) is 45.7 Å². The summed E-state index contributed by atoms with van der Waals surface area (Å²) >= 11 is 0. The molecule has 1 aliphatic carbocycles. The zero-order chi connectivity index (χ0) is 10.1. The third-order valence-corrected chi connectivity index (χ3v) is 3.57. The third kappa shape index (κ3) is 1.71. The Morgan fingerprint density at radius 3 is 2.57 bits per heavy atom. The number of hydrogen-bond acceptors (Lipinski definition) is 1. The normalized spacial score (nSPS) is 17.1. The summed E-state index contributed by atoms with van der Waals surface area (Å²) in [5, 5.41) is 3.60. The van der Waals surface area contributed by atoms with Crippen molar-refractivity contribution in [1.29, 1.82) is 0 Å². The van der Waals surface area contributed by atoms with Crippen LogP contribution in [0, 0.1) is 13.8 Å². The van der Waals surface area contributed by atoms with Gasteiger partial charge < -0.3 is 9.88 Å². The average Bonchev–Trinajstić information content (AvgIpc) is 2.31. The fourth-order valence-corrected chi connectivity index (χ4v) is 1.98. The van der Waals surface area contributed by atoms with Crippen molar-refractivity contribution in [2.24, 2.45) is 7.05 Å². The maximum absolute atomic E-state index is 3.60. The van der Waals surface area contributed by atoms with Crippen LogP contribution in [-0.2, 0) is 13.6 Å². The molecule has 0 saturated heterocycles. The van der Waals surface area contributed by atoms with Crippen molar-refractivity contribution in [1.82, 2.24) is 9.88 Å². The Morgan fingerprint density at radius 2 is 2.14 bits per heavy atom. The molecule has 0 unspecified atom stereocenters. The Hall–Kier alpha value is -0.760. The second-order valence-corrected chi connectivity index (χ2v) is 4.46. The second kappa shape index (κ2) is 3.77. The van der Waals surface area contributed by atoms with E-state index in [2.05, 4.69) is 36.8 Å². The SMILES string of the molecule is Cc1cc(CNC2CCC2)c(C)n1C. The summed E-state index contributed by atoms with van der Waals surface area (Å²) in [5.74, 6) is 0. The molecule has 1 aliphatic rings. The molecule has 14 heavy (non-hydrogen) atoms. The predicted molar refractivity (Wildman–Crippen MR) is 59.4 cm³/mol. The van der Waals surface area contributed by atoms with Gasteiger partial charge in [0.25, 0.3) is 0 Å². The Kier molecular flexibility index (Phi) is 2.64. The van der Waals surface area contributed by atoms with E-state index in [4.69, 9.17) is 0 Å². The summed E-state index contributed by atoms with van der Waals surface area (Å²) in [4.78, 5) is 0. The van der Waals surface area contributed by atoms with Gasteiger partial charge in [0.1, 0.15) is 0 Å². The molecular weight excluding hydrogens is 172 g/mol. The molecule has 0 aliphatic heterocycles. The summed E-state index contributed by atoms with van der Waals surface area (Å²) in [5.41, 5.74) is 4.21. The Bertz CT molecular complexity index is 321. The lowest BCUT2D eigenvalue weighted by atomic mass is 9.93. The van der Waals surface area contributed by atoms with Gasteiger partial charge in [0.15, 0.2) is 0 Å². The van der Waals surface area contributed by atoms with Crippen molar-refractivity contribution in [3.05, 3.63) is 23.0 Å². The molecular formula is C12H20N2. The van der Waals surface area contributed by atoms with Crippen LogP contribution in [-0.4, -0.2) is 10.6 Å². The molecule has 0 amide bonds. The maximum Gasteiger partial charge on any atom is 0.0225 e. The van der Waals surface area contributed by atoms with Crippen LogP contribution in [0.5, 0.6) is 0 Å². The zero-order valence-corrected chi connectivity index (χ0v) is 9.43. The molecule has 2 rings (SSSR count). The van der Waals surface area contributed by atoms with Crippen LogP contribution in [0.1, 0.15) is 36.2 Å². The van der Waals surface area contributed by atoms with Crippen molar-refractivity contribution in [3.63, 3.8) is 0 Å². The number of nitrogens with zero attached hydrogens (tertiary/aromatic N) is 1. The molecule has 1 N–H and O–H groups in total. The quantitative estimate of drug-likeness (QED) is 0.777. The topological polar surface area (TPSA) is 17.0 Å². The highest BCUT2D eigenvalue weighted by Crippen LogP contribution is 2.19. The number of rotatable bonds is 3. The molecule has 1 fully saturated rings. The van der Waals surface area contributed by atoms with E-state index < -0.39 is 0 Å². The molecule has 78 valence electrons. The standard InChI is InChI=1S/C12H20N2/c1-9-7-11(10(2)14(9)3)8-13-12-5-4-6-12/h7,12-13H,4-6,8H2,1-3H3. The fourth-order valence-electron chi connectivity index (χ4n) is 1.98. The molecule has 1 aromatic rings. The molecule has 0 aromatic carbocycles. The first-order chi connectivity index (χ1) is 6.68. The third-order valence-electron chi connectivity index (χ3n) is 3.57. The van der Waals surface area contributed by atoms with Gasteiger partial charge in [-0.1, -0.05) is 6.42 Å². The molecule has 0 spiro atoms. The first-order valence-corrected chi connectivity index (χ1v) is 5.53. The van der Waals surface area contributed by atoms with Crippen LogP contribution < -0.4 is 5.32 Å². The highest BCUT2D eigenvalue weighted by atomic mass is 15.0. The van der Waals surface area contributed by atoms with E-state index in [0.29, 0.717) is 0 Å². The van der Waals surface area contributed by atoms with Crippen LogP contribution in [0.25, 0.3) is 0 Å². The van der Waals surface area contributed by atoms with E-state index in [1.54, 1.807) is 0 Å². The number of nitrogens with one attached hydrogen (secondary N) is 1. The Balaban J connectivity index is 1.97. The van der Waals surface area contributed by atoms with E-state index in [1.165, 1.54) is 36.2 Å². The average molecular weight is 192 g/mol. The van der Waals surface area contributed by atoms with Crippen LogP contribution in [0.4, 0.5) is 0 Å². The van der Waals surface area contributed by atoms with E-state index >= 15 is 0 Å². The molecule has 2 nitrogen and oxygen atoms in total. The maximum atomic E-state index is 3.60. The lowest BCUT2D eigenvalue weighted by Crippen LogP contribution is -2.34. The smallest absolute Gasteiger partial charge is 0.0225 e. The van der Waals surface area contributed by atoms with Crippen LogP contribution in [0.3, 0.4) is 0 Å². The minimum Gasteiger partial charge on any atom is -0.352 e. The zero-order valence-electron chi connectivity index (χ0n) is 9.43. The van der Waals surface area contributed by atoms with Gasteiger partial charge >= 0.3 is 0 Å². The minimum absolute atomic E-state index is 0.787. The molecule has 0 bridgehead atoms. The Labute approximate surface area is 86.3 Å². The fraction of sp³-hybridized carbons (Fsp3) is 0.667. The summed E-state index contributed by atoms with van der Waals surface area (Å²) in [6.07, 6.45) is 4.14. The van der Waals surface area contributed by atoms with Gasteiger partial charge in [-0.3, -0.25) is 0 Å². The second-order valence-electron chi connectivity index (χ2n) is 4.46. The molecule has 0 atom stereocenters. The predicted octanol–water partition coefficient (Wildman–Crippen LogP) is 2.28. The monoisotopic (exact) mass is 192 g/mol. The summed E-state index contributed by atoms with van der Waals surface area (Å²) < 4.78 is 2.26. The van der Waals surface area contributed by atoms with Gasteiger partial charge in [0.05, 0.1) is 0 Å². The number of hydrogen-bond donors (Lipinski definition) is 1. The first-order valence-electron chi connectivity index (χ1n) is 5.53. The minimum atomic E-state index is 0.787. The summed E-state index contributed by atoms with van der Waals surface area (Å²) in [7, 11) is 2.14. The number of aryl methyl sites for hydroxylation is 1. The molecule has 1 heterocycles. The van der Waals surface area contributed by atoms with Crippen molar-refractivity contribution >= 4 is 0 Å². The molecule has 1 saturated carbocycles. The first kappa shape index (κ1) is 9.78. The molecule has 1 aromatic heterocycles. The van der Waals surface area contributed by atoms with Gasteiger partial charge in [0.2, 0.25) is 0 Å². The lowest BCUT2D eigenvalue weighted by molar-refractivity contribution is 0.338. The van der Waals surface area contributed by atoms with Crippen molar-refractivity contribution < 1.29 is 0 Å². The molecule has 0 radical (unpaired) electrons. The molecule has 2 heteroatoms. The lowest BCUT2D eigenvalue weighted by Gasteiger charge is -2.26. The largest absolute Gasteiger partial charge is 0.352 e. The van der Waals surface area contributed by atoms with Crippen molar-refractivity contribution in [2.75, 3.05) is 0 Å². The van der Waals surface area contributed by atoms with Gasteiger partial charge in [-0.15, -0.1) is 0 Å².